The van der Waals surface area contributed by atoms with E-state index in [0.717, 1.165) is 17.8 Å². The minimum atomic E-state index is 0.325. The van der Waals surface area contributed by atoms with E-state index in [9.17, 15) is 0 Å². The van der Waals surface area contributed by atoms with E-state index in [1.165, 1.54) is 5.56 Å². The summed E-state index contributed by atoms with van der Waals surface area (Å²) in [7, 11) is 0. The average molecular weight is 239 g/mol. The fourth-order valence-corrected chi connectivity index (χ4v) is 2.06. The molecule has 0 saturated heterocycles. The molecule has 0 atom stereocenters. The molecule has 0 heterocycles. The molecule has 0 bridgehead atoms. The van der Waals surface area contributed by atoms with Crippen molar-refractivity contribution in [2.45, 2.75) is 27.2 Å². The first-order valence-corrected chi connectivity index (χ1v) is 6.44. The van der Waals surface area contributed by atoms with E-state index in [1.54, 1.807) is 0 Å². The Kier molecular flexibility index (Phi) is 3.71. The van der Waals surface area contributed by atoms with Gasteiger partial charge < -0.3 is 5.32 Å². The van der Waals surface area contributed by atoms with Crippen LogP contribution in [0.5, 0.6) is 0 Å². The molecule has 1 heteroatoms. The summed E-state index contributed by atoms with van der Waals surface area (Å²) in [5.74, 6) is 0. The minimum absolute atomic E-state index is 0.325. The zero-order valence-corrected chi connectivity index (χ0v) is 11.4. The minimum Gasteiger partial charge on any atom is -0.356 e. The topological polar surface area (TPSA) is 12.0 Å². The van der Waals surface area contributed by atoms with Crippen LogP contribution in [0.4, 0.5) is 11.4 Å². The summed E-state index contributed by atoms with van der Waals surface area (Å²) in [5, 5.41) is 3.43. The molecule has 0 aromatic heterocycles. The molecular weight excluding hydrogens is 218 g/mol. The lowest BCUT2D eigenvalue weighted by Gasteiger charge is -2.18. The van der Waals surface area contributed by atoms with Crippen molar-refractivity contribution in [1.82, 2.24) is 0 Å². The molecule has 1 nitrogen and oxygen atoms in total. The summed E-state index contributed by atoms with van der Waals surface area (Å²) in [6.45, 7) is 6.80. The van der Waals surface area contributed by atoms with Crippen molar-refractivity contribution in [1.29, 1.82) is 0 Å². The van der Waals surface area contributed by atoms with Crippen molar-refractivity contribution in [2.24, 2.45) is 5.41 Å². The lowest BCUT2D eigenvalue weighted by atomic mass is 9.88. The second kappa shape index (κ2) is 5.26. The molecule has 0 radical (unpaired) electrons. The zero-order valence-electron chi connectivity index (χ0n) is 11.4. The second-order valence-electron chi connectivity index (χ2n) is 5.93. The van der Waals surface area contributed by atoms with Crippen LogP contribution in [0.25, 0.3) is 0 Å². The smallest absolute Gasteiger partial charge is 0.0386 e. The molecule has 0 amide bonds. The highest BCUT2D eigenvalue weighted by atomic mass is 14.9. The molecular formula is C17H21N. The molecule has 0 spiro atoms. The van der Waals surface area contributed by atoms with Crippen LogP contribution < -0.4 is 5.32 Å². The largest absolute Gasteiger partial charge is 0.356 e. The van der Waals surface area contributed by atoms with E-state index in [4.69, 9.17) is 0 Å². The third kappa shape index (κ3) is 3.92. The maximum Gasteiger partial charge on any atom is 0.0386 e. The van der Waals surface area contributed by atoms with Crippen molar-refractivity contribution < 1.29 is 0 Å². The highest BCUT2D eigenvalue weighted by Crippen LogP contribution is 2.23. The van der Waals surface area contributed by atoms with E-state index in [0.29, 0.717) is 5.41 Å². The lowest BCUT2D eigenvalue weighted by molar-refractivity contribution is 0.411. The Balaban J connectivity index is 2.13. The van der Waals surface area contributed by atoms with Crippen LogP contribution in [-0.2, 0) is 6.42 Å². The van der Waals surface area contributed by atoms with Crippen LogP contribution in [0.1, 0.15) is 26.3 Å². The van der Waals surface area contributed by atoms with Crippen LogP contribution in [0.15, 0.2) is 54.6 Å². The van der Waals surface area contributed by atoms with Crippen molar-refractivity contribution >= 4 is 11.4 Å². The van der Waals surface area contributed by atoms with Gasteiger partial charge in [-0.15, -0.1) is 0 Å². The van der Waals surface area contributed by atoms with Gasteiger partial charge in [0.1, 0.15) is 0 Å². The summed E-state index contributed by atoms with van der Waals surface area (Å²) < 4.78 is 0. The van der Waals surface area contributed by atoms with Crippen LogP contribution >= 0.6 is 0 Å². The summed E-state index contributed by atoms with van der Waals surface area (Å²) >= 11 is 0. The second-order valence-corrected chi connectivity index (χ2v) is 5.93. The number of para-hydroxylation sites is 1. The number of nitrogens with one attached hydrogen (secondary N) is 1. The highest BCUT2D eigenvalue weighted by Gasteiger charge is 2.11. The molecule has 0 aliphatic heterocycles. The summed E-state index contributed by atoms with van der Waals surface area (Å²) in [6.07, 6.45) is 1.09. The summed E-state index contributed by atoms with van der Waals surface area (Å²) in [4.78, 5) is 0. The molecule has 0 unspecified atom stereocenters. The van der Waals surface area contributed by atoms with E-state index < -0.39 is 0 Å². The van der Waals surface area contributed by atoms with Crippen LogP contribution in [0.2, 0.25) is 0 Å². The Labute approximate surface area is 110 Å². The monoisotopic (exact) mass is 239 g/mol. The molecule has 2 rings (SSSR count). The summed E-state index contributed by atoms with van der Waals surface area (Å²) in [6, 6.07) is 18.9. The van der Waals surface area contributed by atoms with E-state index in [-0.39, 0.29) is 0 Å². The van der Waals surface area contributed by atoms with Crippen LogP contribution in [-0.4, -0.2) is 0 Å². The third-order valence-corrected chi connectivity index (χ3v) is 2.72. The first-order valence-electron chi connectivity index (χ1n) is 6.44. The normalized spacial score (nSPS) is 11.3. The Morgan fingerprint density at radius 3 is 2.17 bits per heavy atom. The molecule has 2 aromatic rings. The van der Waals surface area contributed by atoms with Crippen molar-refractivity contribution in [3.8, 4) is 0 Å². The van der Waals surface area contributed by atoms with Gasteiger partial charge in [-0.1, -0.05) is 51.1 Å². The Morgan fingerprint density at radius 1 is 0.833 bits per heavy atom. The Hall–Kier alpha value is -1.76. The van der Waals surface area contributed by atoms with Gasteiger partial charge in [0.25, 0.3) is 0 Å². The third-order valence-electron chi connectivity index (χ3n) is 2.72. The number of benzene rings is 2. The molecule has 0 aliphatic carbocycles. The number of anilines is 2. The lowest BCUT2D eigenvalue weighted by Crippen LogP contribution is -2.09. The van der Waals surface area contributed by atoms with Crippen molar-refractivity contribution in [3.05, 3.63) is 60.2 Å². The van der Waals surface area contributed by atoms with Crippen LogP contribution in [0.3, 0.4) is 0 Å². The SMILES string of the molecule is CC(C)(C)Cc1cccc(Nc2ccccc2)c1. The number of rotatable bonds is 3. The standard InChI is InChI=1S/C17H21N/c1-17(2,3)13-14-8-7-11-16(12-14)18-15-9-5-4-6-10-15/h4-12,18H,13H2,1-3H3. The van der Waals surface area contributed by atoms with Gasteiger partial charge in [0, 0.05) is 11.4 Å². The number of hydrogen-bond acceptors (Lipinski definition) is 1. The van der Waals surface area contributed by atoms with E-state index in [1.807, 2.05) is 18.2 Å². The molecule has 0 aliphatic rings. The van der Waals surface area contributed by atoms with Gasteiger partial charge in [-0.2, -0.15) is 0 Å². The Morgan fingerprint density at radius 2 is 1.50 bits per heavy atom. The first kappa shape index (κ1) is 12.7. The zero-order chi connectivity index (χ0) is 13.0. The van der Waals surface area contributed by atoms with Gasteiger partial charge in [-0.05, 0) is 41.7 Å². The first-order chi connectivity index (χ1) is 8.53. The maximum atomic E-state index is 3.43. The van der Waals surface area contributed by atoms with Crippen LogP contribution in [0, 0.1) is 5.41 Å². The average Bonchev–Trinajstić information content (AvgIpc) is 2.28. The van der Waals surface area contributed by atoms with E-state index >= 15 is 0 Å². The van der Waals surface area contributed by atoms with Gasteiger partial charge in [0.2, 0.25) is 0 Å². The maximum absolute atomic E-state index is 3.43. The van der Waals surface area contributed by atoms with Gasteiger partial charge in [0.15, 0.2) is 0 Å². The summed E-state index contributed by atoms with van der Waals surface area (Å²) in [5.41, 5.74) is 3.99. The van der Waals surface area contributed by atoms with Gasteiger partial charge >= 0.3 is 0 Å². The van der Waals surface area contributed by atoms with E-state index in [2.05, 4.69) is 62.5 Å². The fraction of sp³-hybridized carbons (Fsp3) is 0.294. The van der Waals surface area contributed by atoms with Gasteiger partial charge in [-0.25, -0.2) is 0 Å². The van der Waals surface area contributed by atoms with Gasteiger partial charge in [-0.3, -0.25) is 0 Å². The molecule has 0 saturated carbocycles. The molecule has 2 aromatic carbocycles. The predicted molar refractivity (Wildman–Crippen MR) is 79.3 cm³/mol. The van der Waals surface area contributed by atoms with Crippen molar-refractivity contribution in [2.75, 3.05) is 5.32 Å². The van der Waals surface area contributed by atoms with Crippen molar-refractivity contribution in [3.63, 3.8) is 0 Å². The fourth-order valence-electron chi connectivity index (χ4n) is 2.06. The molecule has 18 heavy (non-hydrogen) atoms. The molecule has 94 valence electrons. The number of hydrogen-bond donors (Lipinski definition) is 1. The molecule has 1 N–H and O–H groups in total. The predicted octanol–water partition coefficient (Wildman–Crippen LogP) is 5.02. The Bertz CT molecular complexity index is 495. The van der Waals surface area contributed by atoms with Gasteiger partial charge in [0.05, 0.1) is 0 Å². The highest BCUT2D eigenvalue weighted by molar-refractivity contribution is 5.60. The quantitative estimate of drug-likeness (QED) is 0.793. The molecule has 0 fully saturated rings.